The predicted molar refractivity (Wildman–Crippen MR) is 131 cm³/mol. The number of carbonyl (C=O) groups is 1. The SMILES string of the molecule is CN1CCc2c(cc(Nc3ncc(Cl)c(Nc4ccccc4S(=O)(=O)CC(=O)O)n3)c(=O)n2C)C1. The molecule has 0 amide bonds. The minimum absolute atomic E-state index is 0.0731. The summed E-state index contributed by atoms with van der Waals surface area (Å²) in [5.74, 6) is -2.38. The number of nitrogens with one attached hydrogen (secondary N) is 2. The fourth-order valence-electron chi connectivity index (χ4n) is 3.90. The predicted octanol–water partition coefficient (Wildman–Crippen LogP) is 2.16. The van der Waals surface area contributed by atoms with Crippen molar-refractivity contribution in [2.45, 2.75) is 17.9 Å². The zero-order valence-electron chi connectivity index (χ0n) is 18.9. The van der Waals surface area contributed by atoms with Crippen LogP contribution in [-0.4, -0.2) is 58.3 Å². The van der Waals surface area contributed by atoms with Crippen molar-refractivity contribution >= 4 is 50.5 Å². The lowest BCUT2D eigenvalue weighted by molar-refractivity contribution is -0.134. The van der Waals surface area contributed by atoms with Crippen LogP contribution < -0.4 is 16.2 Å². The van der Waals surface area contributed by atoms with Crippen molar-refractivity contribution in [1.82, 2.24) is 19.4 Å². The summed E-state index contributed by atoms with van der Waals surface area (Å²) >= 11 is 6.24. The number of halogens is 1. The Balaban J connectivity index is 1.66. The second-order valence-corrected chi connectivity index (χ2v) is 10.5. The molecule has 0 saturated carbocycles. The first-order valence-electron chi connectivity index (χ1n) is 10.6. The summed E-state index contributed by atoms with van der Waals surface area (Å²) in [7, 11) is -0.384. The van der Waals surface area contributed by atoms with Crippen LogP contribution >= 0.6 is 11.6 Å². The summed E-state index contributed by atoms with van der Waals surface area (Å²) in [4.78, 5) is 34.3. The number of hydrogen-bond acceptors (Lipinski definition) is 9. The van der Waals surface area contributed by atoms with Gasteiger partial charge in [-0.2, -0.15) is 4.98 Å². The quantitative estimate of drug-likeness (QED) is 0.425. The number of carboxylic acid groups (broad SMARTS) is 1. The van der Waals surface area contributed by atoms with Gasteiger partial charge in [-0.3, -0.25) is 9.59 Å². The Morgan fingerprint density at radius 2 is 1.94 bits per heavy atom. The molecule has 0 aliphatic carbocycles. The fraction of sp³-hybridized carbons (Fsp3) is 0.273. The van der Waals surface area contributed by atoms with E-state index < -0.39 is 21.6 Å². The number of fused-ring (bicyclic) bond motifs is 1. The normalized spacial score (nSPS) is 13.8. The molecule has 4 rings (SSSR count). The van der Waals surface area contributed by atoms with E-state index >= 15 is 0 Å². The number of rotatable bonds is 7. The van der Waals surface area contributed by atoms with Crippen LogP contribution in [0.4, 0.5) is 23.1 Å². The molecule has 13 heteroatoms. The number of hydrogen-bond donors (Lipinski definition) is 3. The second-order valence-electron chi connectivity index (χ2n) is 8.17. The molecule has 0 spiro atoms. The maximum absolute atomic E-state index is 12.9. The van der Waals surface area contributed by atoms with E-state index in [1.807, 2.05) is 7.05 Å². The molecule has 0 radical (unpaired) electrons. The summed E-state index contributed by atoms with van der Waals surface area (Å²) in [6.07, 6.45) is 2.08. The van der Waals surface area contributed by atoms with E-state index in [9.17, 15) is 18.0 Å². The van der Waals surface area contributed by atoms with E-state index in [0.29, 0.717) is 12.2 Å². The molecule has 3 aromatic rings. The number of aromatic nitrogens is 3. The molecule has 2 aromatic heterocycles. The van der Waals surface area contributed by atoms with Crippen molar-refractivity contribution in [2.75, 3.05) is 30.0 Å². The molecule has 0 saturated heterocycles. The van der Waals surface area contributed by atoms with Crippen LogP contribution in [0.25, 0.3) is 0 Å². The summed E-state index contributed by atoms with van der Waals surface area (Å²) in [6, 6.07) is 7.62. The lowest BCUT2D eigenvalue weighted by Crippen LogP contribution is -2.33. The maximum Gasteiger partial charge on any atom is 0.319 e. The van der Waals surface area contributed by atoms with Crippen molar-refractivity contribution in [1.29, 1.82) is 0 Å². The van der Waals surface area contributed by atoms with Gasteiger partial charge < -0.3 is 25.2 Å². The summed E-state index contributed by atoms with van der Waals surface area (Å²) < 4.78 is 26.6. The van der Waals surface area contributed by atoms with E-state index in [1.54, 1.807) is 23.7 Å². The summed E-state index contributed by atoms with van der Waals surface area (Å²) in [6.45, 7) is 1.57. The Morgan fingerprint density at radius 1 is 1.20 bits per heavy atom. The molecule has 0 fully saturated rings. The zero-order valence-corrected chi connectivity index (χ0v) is 20.5. The van der Waals surface area contributed by atoms with Crippen LogP contribution in [0.2, 0.25) is 5.02 Å². The Bertz CT molecular complexity index is 1470. The number of pyridine rings is 1. The lowest BCUT2D eigenvalue weighted by atomic mass is 10.1. The zero-order chi connectivity index (χ0) is 25.3. The standard InChI is InChI=1S/C22H23ClN6O5S/c1-28-8-7-17-13(11-28)9-16(21(32)29(17)2)26-22-24-10-14(23)20(27-22)25-15-5-3-4-6-18(15)35(33,34)12-19(30)31/h3-6,9-10H,7-8,11-12H2,1-2H3,(H,30,31)(H2,24,25,26,27). The summed E-state index contributed by atoms with van der Waals surface area (Å²) in [5.41, 5.74) is 2.17. The Hall–Kier alpha value is -3.48. The average Bonchev–Trinajstić information content (AvgIpc) is 2.79. The largest absolute Gasteiger partial charge is 0.480 e. The molecule has 11 nitrogen and oxygen atoms in total. The smallest absolute Gasteiger partial charge is 0.319 e. The highest BCUT2D eigenvalue weighted by atomic mass is 35.5. The third-order valence-electron chi connectivity index (χ3n) is 5.58. The molecule has 0 bridgehead atoms. The van der Waals surface area contributed by atoms with Crippen molar-refractivity contribution < 1.29 is 18.3 Å². The highest BCUT2D eigenvalue weighted by molar-refractivity contribution is 7.92. The van der Waals surface area contributed by atoms with Crippen LogP contribution in [0, 0.1) is 0 Å². The van der Waals surface area contributed by atoms with Gasteiger partial charge in [-0.1, -0.05) is 23.7 Å². The van der Waals surface area contributed by atoms with Crippen molar-refractivity contribution in [2.24, 2.45) is 7.05 Å². The first-order valence-corrected chi connectivity index (χ1v) is 12.6. The molecule has 1 aliphatic heterocycles. The van der Waals surface area contributed by atoms with E-state index in [-0.39, 0.29) is 32.9 Å². The molecule has 1 aromatic carbocycles. The van der Waals surface area contributed by atoms with Gasteiger partial charge in [0.05, 0.1) is 16.8 Å². The number of aliphatic carboxylic acids is 1. The van der Waals surface area contributed by atoms with Crippen LogP contribution in [0.15, 0.2) is 46.2 Å². The van der Waals surface area contributed by atoms with Crippen LogP contribution in [0.5, 0.6) is 0 Å². The number of sulfone groups is 1. The first-order chi connectivity index (χ1) is 16.5. The highest BCUT2D eigenvalue weighted by Crippen LogP contribution is 2.29. The van der Waals surface area contributed by atoms with Gasteiger partial charge in [0.25, 0.3) is 5.56 Å². The van der Waals surface area contributed by atoms with Gasteiger partial charge in [0.15, 0.2) is 21.4 Å². The van der Waals surface area contributed by atoms with Crippen LogP contribution in [-0.2, 0) is 34.6 Å². The Kier molecular flexibility index (Phi) is 6.79. The summed E-state index contributed by atoms with van der Waals surface area (Å²) in [5, 5.41) is 14.8. The van der Waals surface area contributed by atoms with Crippen molar-refractivity contribution in [3.63, 3.8) is 0 Å². The average molecular weight is 519 g/mol. The van der Waals surface area contributed by atoms with E-state index in [1.165, 1.54) is 24.4 Å². The topological polar surface area (TPSA) is 147 Å². The van der Waals surface area contributed by atoms with Gasteiger partial charge >= 0.3 is 5.97 Å². The number of benzene rings is 1. The second kappa shape index (κ2) is 9.64. The first kappa shape index (κ1) is 24.6. The Labute approximate surface area is 206 Å². The Morgan fingerprint density at radius 3 is 2.69 bits per heavy atom. The molecule has 3 N–H and O–H groups in total. The molecular formula is C22H23ClN6O5S. The highest BCUT2D eigenvalue weighted by Gasteiger charge is 2.23. The molecule has 0 unspecified atom stereocenters. The minimum Gasteiger partial charge on any atom is -0.480 e. The number of anilines is 4. The third kappa shape index (κ3) is 5.29. The monoisotopic (exact) mass is 518 g/mol. The van der Waals surface area contributed by atoms with Crippen molar-refractivity contribution in [3.05, 3.63) is 63.2 Å². The van der Waals surface area contributed by atoms with Gasteiger partial charge in [-0.25, -0.2) is 13.4 Å². The van der Waals surface area contributed by atoms with Gasteiger partial charge in [-0.15, -0.1) is 0 Å². The number of carboxylic acids is 1. The van der Waals surface area contributed by atoms with E-state index in [2.05, 4.69) is 25.5 Å². The molecule has 35 heavy (non-hydrogen) atoms. The number of nitrogens with zero attached hydrogens (tertiary/aromatic N) is 4. The molecular weight excluding hydrogens is 496 g/mol. The molecule has 3 heterocycles. The number of likely N-dealkylation sites (N-methyl/N-ethyl adjacent to an activating group) is 1. The van der Waals surface area contributed by atoms with Crippen LogP contribution in [0.1, 0.15) is 11.3 Å². The van der Waals surface area contributed by atoms with Gasteiger partial charge in [-0.05, 0) is 30.8 Å². The molecule has 184 valence electrons. The fourth-order valence-corrected chi connectivity index (χ4v) is 5.26. The lowest BCUT2D eigenvalue weighted by Gasteiger charge is -2.27. The van der Waals surface area contributed by atoms with Crippen LogP contribution in [0.3, 0.4) is 0 Å². The third-order valence-corrected chi connectivity index (χ3v) is 7.51. The van der Waals surface area contributed by atoms with Gasteiger partial charge in [0, 0.05) is 32.3 Å². The van der Waals surface area contributed by atoms with E-state index in [0.717, 1.165) is 24.2 Å². The van der Waals surface area contributed by atoms with Crippen molar-refractivity contribution in [3.8, 4) is 0 Å². The minimum atomic E-state index is -4.12. The number of para-hydroxylation sites is 1. The maximum atomic E-state index is 12.9. The molecule has 0 atom stereocenters. The molecule has 1 aliphatic rings. The van der Waals surface area contributed by atoms with Gasteiger partial charge in [0.1, 0.15) is 10.7 Å². The van der Waals surface area contributed by atoms with E-state index in [4.69, 9.17) is 16.7 Å². The van der Waals surface area contributed by atoms with Gasteiger partial charge in [0.2, 0.25) is 5.95 Å².